The molecule has 0 aromatic heterocycles. The molecule has 0 amide bonds. The van der Waals surface area contributed by atoms with E-state index in [0.29, 0.717) is 0 Å². The molecule has 5 nitrogen and oxygen atoms in total. The van der Waals surface area contributed by atoms with Crippen LogP contribution in [0.2, 0.25) is 0 Å². The maximum absolute atomic E-state index is 13.2. The van der Waals surface area contributed by atoms with Crippen molar-refractivity contribution in [3.05, 3.63) is 35.1 Å². The molecule has 1 rings (SSSR count). The van der Waals surface area contributed by atoms with Gasteiger partial charge in [0.05, 0.1) is 12.7 Å². The van der Waals surface area contributed by atoms with Crippen LogP contribution in [0.3, 0.4) is 0 Å². The summed E-state index contributed by atoms with van der Waals surface area (Å²) in [5.74, 6) is -2.87. The van der Waals surface area contributed by atoms with E-state index < -0.39 is 35.6 Å². The first-order valence-corrected chi connectivity index (χ1v) is 6.27. The highest BCUT2D eigenvalue weighted by Gasteiger charge is 2.23. The Morgan fingerprint density at radius 3 is 2.29 bits per heavy atom. The van der Waals surface area contributed by atoms with Crippen LogP contribution >= 0.6 is 0 Å². The number of benzene rings is 1. The number of ether oxygens (including phenoxy) is 2. The highest BCUT2D eigenvalue weighted by Crippen LogP contribution is 2.16. The lowest BCUT2D eigenvalue weighted by Crippen LogP contribution is -2.25. The molecule has 0 N–H and O–H groups in total. The summed E-state index contributed by atoms with van der Waals surface area (Å²) in [5, 5.41) is 0. The molecule has 0 atom stereocenters. The second-order valence-corrected chi connectivity index (χ2v) is 5.37. The molecule has 0 aliphatic carbocycles. The summed E-state index contributed by atoms with van der Waals surface area (Å²) in [7, 11) is 1.12. The van der Waals surface area contributed by atoms with Gasteiger partial charge in [-0.2, -0.15) is 0 Å². The minimum atomic E-state index is -0.845. The Kier molecular flexibility index (Phi) is 5.18. The number of methoxy groups -OCH3 is 1. The number of halogens is 1. The fourth-order valence-electron chi connectivity index (χ4n) is 1.64. The van der Waals surface area contributed by atoms with Crippen LogP contribution < -0.4 is 0 Å². The van der Waals surface area contributed by atoms with E-state index in [1.807, 2.05) is 0 Å². The highest BCUT2D eigenvalue weighted by atomic mass is 19.1. The number of carbonyl (C=O) groups excluding carboxylic acids is 3. The second-order valence-electron chi connectivity index (χ2n) is 5.37. The van der Waals surface area contributed by atoms with Crippen molar-refractivity contribution >= 4 is 17.7 Å². The Balaban J connectivity index is 2.98. The third-order valence-corrected chi connectivity index (χ3v) is 2.41. The van der Waals surface area contributed by atoms with E-state index in [4.69, 9.17) is 4.74 Å². The van der Waals surface area contributed by atoms with Crippen molar-refractivity contribution in [2.45, 2.75) is 32.8 Å². The fraction of sp³-hybridized carbons (Fsp3) is 0.400. The largest absolute Gasteiger partial charge is 0.465 e. The molecular weight excluding hydrogens is 279 g/mol. The van der Waals surface area contributed by atoms with Gasteiger partial charge in [-0.1, -0.05) is 0 Å². The zero-order chi connectivity index (χ0) is 16.2. The van der Waals surface area contributed by atoms with E-state index in [9.17, 15) is 18.8 Å². The normalized spacial score (nSPS) is 10.9. The fourth-order valence-corrected chi connectivity index (χ4v) is 1.64. The molecule has 114 valence electrons. The van der Waals surface area contributed by atoms with Crippen molar-refractivity contribution < 1.29 is 28.2 Å². The van der Waals surface area contributed by atoms with Gasteiger partial charge in [0.2, 0.25) is 0 Å². The molecule has 21 heavy (non-hydrogen) atoms. The molecule has 0 saturated carbocycles. The SMILES string of the molecule is COC(=O)c1cc(F)ccc1C(=O)CC(=O)OC(C)(C)C. The van der Waals surface area contributed by atoms with Gasteiger partial charge in [-0.05, 0) is 39.0 Å². The third kappa shape index (κ3) is 4.98. The first-order valence-electron chi connectivity index (χ1n) is 6.27. The zero-order valence-electron chi connectivity index (χ0n) is 12.4. The summed E-state index contributed by atoms with van der Waals surface area (Å²) < 4.78 is 22.7. The van der Waals surface area contributed by atoms with Crippen molar-refractivity contribution in [3.63, 3.8) is 0 Å². The summed E-state index contributed by atoms with van der Waals surface area (Å²) in [4.78, 5) is 35.2. The molecule has 0 unspecified atom stereocenters. The third-order valence-electron chi connectivity index (χ3n) is 2.41. The number of esters is 2. The molecule has 0 radical (unpaired) electrons. The van der Waals surface area contributed by atoms with Crippen molar-refractivity contribution in [2.75, 3.05) is 7.11 Å². The minimum Gasteiger partial charge on any atom is -0.465 e. The molecule has 1 aromatic rings. The minimum absolute atomic E-state index is 0.0749. The molecule has 0 aliphatic rings. The Labute approximate surface area is 122 Å². The second kappa shape index (κ2) is 6.47. The van der Waals surface area contributed by atoms with Crippen LogP contribution in [0.15, 0.2) is 18.2 Å². The lowest BCUT2D eigenvalue weighted by molar-refractivity contribution is -0.153. The van der Waals surface area contributed by atoms with Crippen LogP contribution in [0, 0.1) is 5.82 Å². The molecule has 6 heteroatoms. The lowest BCUT2D eigenvalue weighted by Gasteiger charge is -2.19. The van der Waals surface area contributed by atoms with E-state index in [-0.39, 0.29) is 11.1 Å². The smallest absolute Gasteiger partial charge is 0.338 e. The maximum Gasteiger partial charge on any atom is 0.338 e. The average molecular weight is 296 g/mol. The maximum atomic E-state index is 13.2. The van der Waals surface area contributed by atoms with Gasteiger partial charge in [-0.3, -0.25) is 9.59 Å². The number of hydrogen-bond acceptors (Lipinski definition) is 5. The standard InChI is InChI=1S/C15H17FO5/c1-15(2,3)21-13(18)8-12(17)10-6-5-9(16)7-11(10)14(19)20-4/h5-7H,8H2,1-4H3. The van der Waals surface area contributed by atoms with Gasteiger partial charge in [0.15, 0.2) is 5.78 Å². The predicted octanol–water partition coefficient (Wildman–Crippen LogP) is 2.53. The van der Waals surface area contributed by atoms with Crippen LogP contribution in [-0.2, 0) is 14.3 Å². The Morgan fingerprint density at radius 1 is 1.14 bits per heavy atom. The summed E-state index contributed by atoms with van der Waals surface area (Å²) in [6, 6.07) is 3.08. The van der Waals surface area contributed by atoms with Gasteiger partial charge in [-0.15, -0.1) is 0 Å². The summed E-state index contributed by atoms with van der Waals surface area (Å²) in [5.41, 5.74) is -1.01. The van der Waals surface area contributed by atoms with E-state index >= 15 is 0 Å². The summed E-state index contributed by atoms with van der Waals surface area (Å²) >= 11 is 0. The van der Waals surface area contributed by atoms with Crippen molar-refractivity contribution in [3.8, 4) is 0 Å². The molecule has 0 heterocycles. The van der Waals surface area contributed by atoms with Gasteiger partial charge in [0.25, 0.3) is 0 Å². The van der Waals surface area contributed by atoms with Gasteiger partial charge in [0, 0.05) is 5.56 Å². The average Bonchev–Trinajstić information content (AvgIpc) is 2.35. The number of rotatable bonds is 4. The van der Waals surface area contributed by atoms with E-state index in [1.54, 1.807) is 20.8 Å². The van der Waals surface area contributed by atoms with Gasteiger partial charge in [-0.25, -0.2) is 9.18 Å². The van der Waals surface area contributed by atoms with Crippen LogP contribution in [0.1, 0.15) is 47.9 Å². The zero-order valence-corrected chi connectivity index (χ0v) is 12.4. The lowest BCUT2D eigenvalue weighted by atomic mass is 10.0. The van der Waals surface area contributed by atoms with E-state index in [0.717, 1.165) is 25.3 Å². The number of hydrogen-bond donors (Lipinski definition) is 0. The molecule has 0 spiro atoms. The van der Waals surface area contributed by atoms with Crippen molar-refractivity contribution in [1.82, 2.24) is 0 Å². The van der Waals surface area contributed by atoms with E-state index in [1.165, 1.54) is 0 Å². The first kappa shape index (κ1) is 16.8. The first-order chi connectivity index (χ1) is 9.64. The van der Waals surface area contributed by atoms with E-state index in [2.05, 4.69) is 4.74 Å². The Hall–Kier alpha value is -2.24. The van der Waals surface area contributed by atoms with Gasteiger partial charge < -0.3 is 9.47 Å². The van der Waals surface area contributed by atoms with Crippen LogP contribution in [-0.4, -0.2) is 30.4 Å². The molecule has 0 aliphatic heterocycles. The number of ketones is 1. The number of carbonyl (C=O) groups is 3. The number of Topliss-reactive ketones (excluding diaryl/α,β-unsaturated/α-hetero) is 1. The Bertz CT molecular complexity index is 572. The van der Waals surface area contributed by atoms with Gasteiger partial charge in [0.1, 0.15) is 17.8 Å². The van der Waals surface area contributed by atoms with Crippen molar-refractivity contribution in [2.24, 2.45) is 0 Å². The van der Waals surface area contributed by atoms with Crippen LogP contribution in [0.25, 0.3) is 0 Å². The van der Waals surface area contributed by atoms with Gasteiger partial charge >= 0.3 is 11.9 Å². The molecule has 1 aromatic carbocycles. The summed E-state index contributed by atoms with van der Waals surface area (Å²) in [6.45, 7) is 5.02. The van der Waals surface area contributed by atoms with Crippen LogP contribution in [0.4, 0.5) is 4.39 Å². The topological polar surface area (TPSA) is 69.7 Å². The summed E-state index contributed by atoms with van der Waals surface area (Å²) in [6.07, 6.45) is -0.535. The quantitative estimate of drug-likeness (QED) is 0.485. The molecule has 0 bridgehead atoms. The highest BCUT2D eigenvalue weighted by molar-refractivity contribution is 6.11. The van der Waals surface area contributed by atoms with Crippen LogP contribution in [0.5, 0.6) is 0 Å². The monoisotopic (exact) mass is 296 g/mol. The van der Waals surface area contributed by atoms with Crippen molar-refractivity contribution in [1.29, 1.82) is 0 Å². The molecular formula is C15H17FO5. The Morgan fingerprint density at radius 2 is 1.76 bits per heavy atom. The molecule has 0 saturated heterocycles. The predicted molar refractivity (Wildman–Crippen MR) is 72.5 cm³/mol. The molecule has 0 fully saturated rings.